The third kappa shape index (κ3) is 6.56. The third-order valence-corrected chi connectivity index (χ3v) is 6.74. The van der Waals surface area contributed by atoms with Gasteiger partial charge in [-0.25, -0.2) is 4.79 Å². The molecular formula is C29H25Cl2NO4. The van der Waals surface area contributed by atoms with E-state index in [2.05, 4.69) is 47.8 Å². The standard InChI is InChI=1S/C29H25Cl2NO4/c1-18(32-28(33)17-24-11-13-27(36-24)29(34)35)22(15-20-8-12-25(30)26(31)16-20)10-7-19-6-9-21-4-2-3-5-23(21)14-19/h2-14,16,18,22H,15,17H2,1H3,(H,32,33)(H,34,35)/b10-7+/t18-,22+/m0/s1. The van der Waals surface area contributed by atoms with E-state index in [0.29, 0.717) is 22.2 Å². The van der Waals surface area contributed by atoms with Gasteiger partial charge in [0.15, 0.2) is 0 Å². The number of fused-ring (bicyclic) bond motifs is 1. The number of aromatic carboxylic acids is 1. The van der Waals surface area contributed by atoms with Crippen LogP contribution in [0.25, 0.3) is 16.8 Å². The van der Waals surface area contributed by atoms with E-state index in [-0.39, 0.29) is 30.0 Å². The summed E-state index contributed by atoms with van der Waals surface area (Å²) in [6.07, 6.45) is 4.73. The van der Waals surface area contributed by atoms with Crippen molar-refractivity contribution in [3.8, 4) is 0 Å². The number of carbonyl (C=O) groups excluding carboxylic acids is 1. The molecule has 0 spiro atoms. The second kappa shape index (κ2) is 11.5. The molecule has 0 aliphatic rings. The highest BCUT2D eigenvalue weighted by molar-refractivity contribution is 6.42. The van der Waals surface area contributed by atoms with Crippen LogP contribution in [0.5, 0.6) is 0 Å². The van der Waals surface area contributed by atoms with Crippen molar-refractivity contribution in [2.24, 2.45) is 5.92 Å². The first kappa shape index (κ1) is 25.5. The Hall–Kier alpha value is -3.54. The van der Waals surface area contributed by atoms with Crippen LogP contribution in [0.1, 0.15) is 34.4 Å². The zero-order valence-electron chi connectivity index (χ0n) is 19.6. The van der Waals surface area contributed by atoms with Gasteiger partial charge in [0.2, 0.25) is 11.7 Å². The maximum Gasteiger partial charge on any atom is 0.371 e. The Morgan fingerprint density at radius 1 is 0.972 bits per heavy atom. The van der Waals surface area contributed by atoms with E-state index in [4.69, 9.17) is 32.7 Å². The fourth-order valence-corrected chi connectivity index (χ4v) is 4.38. The first-order valence-electron chi connectivity index (χ1n) is 11.5. The molecule has 2 atom stereocenters. The molecule has 2 N–H and O–H groups in total. The van der Waals surface area contributed by atoms with Crippen LogP contribution < -0.4 is 5.32 Å². The first-order chi connectivity index (χ1) is 17.3. The highest BCUT2D eigenvalue weighted by Crippen LogP contribution is 2.26. The molecule has 0 aliphatic heterocycles. The fourth-order valence-electron chi connectivity index (χ4n) is 4.05. The molecule has 3 aromatic carbocycles. The van der Waals surface area contributed by atoms with E-state index in [1.165, 1.54) is 17.5 Å². The van der Waals surface area contributed by atoms with Crippen LogP contribution >= 0.6 is 23.2 Å². The molecule has 0 bridgehead atoms. The normalized spacial score (nSPS) is 13.1. The average molecular weight is 522 g/mol. The molecule has 4 aromatic rings. The zero-order chi connectivity index (χ0) is 25.7. The van der Waals surface area contributed by atoms with Gasteiger partial charge in [0, 0.05) is 12.0 Å². The largest absolute Gasteiger partial charge is 0.475 e. The lowest BCUT2D eigenvalue weighted by Gasteiger charge is -2.23. The highest BCUT2D eigenvalue weighted by atomic mass is 35.5. The van der Waals surface area contributed by atoms with Gasteiger partial charge in [-0.15, -0.1) is 0 Å². The molecule has 7 heteroatoms. The quantitative estimate of drug-likeness (QED) is 0.247. The molecule has 0 unspecified atom stereocenters. The Morgan fingerprint density at radius 2 is 1.75 bits per heavy atom. The van der Waals surface area contributed by atoms with Crippen molar-refractivity contribution in [1.82, 2.24) is 5.32 Å². The van der Waals surface area contributed by atoms with Crippen molar-refractivity contribution in [3.05, 3.63) is 112 Å². The summed E-state index contributed by atoms with van der Waals surface area (Å²) in [5.74, 6) is -1.38. The molecule has 36 heavy (non-hydrogen) atoms. The van der Waals surface area contributed by atoms with Gasteiger partial charge in [0.05, 0.1) is 16.5 Å². The molecule has 0 radical (unpaired) electrons. The van der Waals surface area contributed by atoms with Crippen molar-refractivity contribution >= 4 is 51.9 Å². The molecule has 0 aliphatic carbocycles. The lowest BCUT2D eigenvalue weighted by atomic mass is 9.91. The van der Waals surface area contributed by atoms with Gasteiger partial charge >= 0.3 is 5.97 Å². The number of carboxylic acids is 1. The average Bonchev–Trinajstić information content (AvgIpc) is 3.32. The maximum atomic E-state index is 12.7. The highest BCUT2D eigenvalue weighted by Gasteiger charge is 2.19. The van der Waals surface area contributed by atoms with Crippen LogP contribution in [-0.4, -0.2) is 23.0 Å². The lowest BCUT2D eigenvalue weighted by molar-refractivity contribution is -0.121. The fraction of sp³-hybridized carbons (Fsp3) is 0.172. The minimum absolute atomic E-state index is 0.0501. The Morgan fingerprint density at radius 3 is 2.47 bits per heavy atom. The summed E-state index contributed by atoms with van der Waals surface area (Å²) in [5, 5.41) is 15.3. The van der Waals surface area contributed by atoms with Crippen molar-refractivity contribution in [2.45, 2.75) is 25.8 Å². The summed E-state index contributed by atoms with van der Waals surface area (Å²) in [6, 6.07) is 22.6. The van der Waals surface area contributed by atoms with E-state index in [0.717, 1.165) is 16.5 Å². The predicted molar refractivity (Wildman–Crippen MR) is 144 cm³/mol. The van der Waals surface area contributed by atoms with Crippen LogP contribution in [0.2, 0.25) is 10.0 Å². The molecular weight excluding hydrogens is 497 g/mol. The molecule has 0 saturated heterocycles. The molecule has 0 fully saturated rings. The number of carbonyl (C=O) groups is 2. The molecule has 1 amide bonds. The van der Waals surface area contributed by atoms with Crippen LogP contribution in [0.3, 0.4) is 0 Å². The van der Waals surface area contributed by atoms with E-state index in [1.807, 2.05) is 31.2 Å². The minimum atomic E-state index is -1.17. The summed E-state index contributed by atoms with van der Waals surface area (Å²) in [5.41, 5.74) is 2.05. The number of hydrogen-bond acceptors (Lipinski definition) is 3. The Labute approximate surface area is 219 Å². The van der Waals surface area contributed by atoms with Crippen molar-refractivity contribution < 1.29 is 19.1 Å². The smallest absolute Gasteiger partial charge is 0.371 e. The summed E-state index contributed by atoms with van der Waals surface area (Å²) in [6.45, 7) is 1.94. The van der Waals surface area contributed by atoms with E-state index < -0.39 is 5.97 Å². The van der Waals surface area contributed by atoms with E-state index in [9.17, 15) is 9.59 Å². The maximum absolute atomic E-state index is 12.7. The number of halogens is 2. The number of rotatable bonds is 9. The second-order valence-corrected chi connectivity index (χ2v) is 9.50. The Bertz CT molecular complexity index is 1430. The van der Waals surface area contributed by atoms with Gasteiger partial charge < -0.3 is 14.8 Å². The number of furan rings is 1. The van der Waals surface area contributed by atoms with Crippen LogP contribution in [0, 0.1) is 5.92 Å². The first-order valence-corrected chi connectivity index (χ1v) is 12.3. The van der Waals surface area contributed by atoms with Gasteiger partial charge in [-0.1, -0.05) is 77.8 Å². The van der Waals surface area contributed by atoms with Crippen molar-refractivity contribution in [1.29, 1.82) is 0 Å². The Balaban J connectivity index is 1.52. The summed E-state index contributed by atoms with van der Waals surface area (Å²) in [7, 11) is 0. The van der Waals surface area contributed by atoms with Gasteiger partial charge in [0.25, 0.3) is 0 Å². The topological polar surface area (TPSA) is 79.5 Å². The molecule has 184 valence electrons. The number of carboxylic acid groups (broad SMARTS) is 1. The summed E-state index contributed by atoms with van der Waals surface area (Å²) in [4.78, 5) is 23.7. The molecule has 0 saturated carbocycles. The van der Waals surface area contributed by atoms with Crippen molar-refractivity contribution in [2.75, 3.05) is 0 Å². The Kier molecular flexibility index (Phi) is 8.14. The van der Waals surface area contributed by atoms with Crippen molar-refractivity contribution in [3.63, 3.8) is 0 Å². The number of nitrogens with one attached hydrogen (secondary N) is 1. The van der Waals surface area contributed by atoms with E-state index in [1.54, 1.807) is 6.07 Å². The van der Waals surface area contributed by atoms with Gasteiger partial charge in [0.1, 0.15) is 5.76 Å². The summed E-state index contributed by atoms with van der Waals surface area (Å²) < 4.78 is 5.22. The minimum Gasteiger partial charge on any atom is -0.475 e. The monoisotopic (exact) mass is 521 g/mol. The number of amides is 1. The van der Waals surface area contributed by atoms with Gasteiger partial charge in [-0.3, -0.25) is 4.79 Å². The summed E-state index contributed by atoms with van der Waals surface area (Å²) >= 11 is 12.3. The van der Waals surface area contributed by atoms with Crippen LogP contribution in [-0.2, 0) is 17.6 Å². The number of hydrogen-bond donors (Lipinski definition) is 2. The molecule has 5 nitrogen and oxygen atoms in total. The molecule has 4 rings (SSSR count). The predicted octanol–water partition coefficient (Wildman–Crippen LogP) is 7.06. The van der Waals surface area contributed by atoms with E-state index >= 15 is 0 Å². The third-order valence-electron chi connectivity index (χ3n) is 6.00. The number of benzene rings is 3. The molecule has 1 aromatic heterocycles. The SMILES string of the molecule is C[C@H](NC(=O)Cc1ccc(C(=O)O)o1)[C@H](/C=C/c1ccc2ccccc2c1)Cc1ccc(Cl)c(Cl)c1. The van der Waals surface area contributed by atoms with Gasteiger partial charge in [-0.05, 0) is 65.6 Å². The van der Waals surface area contributed by atoms with Gasteiger partial charge in [-0.2, -0.15) is 0 Å². The lowest BCUT2D eigenvalue weighted by Crippen LogP contribution is -2.39. The second-order valence-electron chi connectivity index (χ2n) is 8.69. The van der Waals surface area contributed by atoms with Crippen LogP contribution in [0.4, 0.5) is 0 Å². The zero-order valence-corrected chi connectivity index (χ0v) is 21.1. The molecule has 1 heterocycles. The van der Waals surface area contributed by atoms with Crippen LogP contribution in [0.15, 0.2) is 83.3 Å².